The first-order chi connectivity index (χ1) is 9.03. The summed E-state index contributed by atoms with van der Waals surface area (Å²) in [7, 11) is 0. The van der Waals surface area contributed by atoms with E-state index in [0.29, 0.717) is 0 Å². The molecule has 0 aliphatic carbocycles. The van der Waals surface area contributed by atoms with Crippen molar-refractivity contribution in [3.8, 4) is 18.2 Å². The largest absolute Gasteiger partial charge is 0.433 e. The van der Waals surface area contributed by atoms with Gasteiger partial charge in [-0.2, -0.15) is 15.8 Å². The van der Waals surface area contributed by atoms with Crippen molar-refractivity contribution < 1.29 is 9.34 Å². The smallest absolute Gasteiger partial charge is 0.401 e. The molecule has 0 aromatic carbocycles. The molecule has 1 aromatic rings. The average molecular weight is 255 g/mol. The fourth-order valence-corrected chi connectivity index (χ4v) is 1.11. The molecule has 92 valence electrons. The van der Waals surface area contributed by atoms with Gasteiger partial charge >= 0.3 is 5.88 Å². The third-order valence-electron chi connectivity index (χ3n) is 1.98. The van der Waals surface area contributed by atoms with Crippen LogP contribution in [0.1, 0.15) is 5.76 Å². The molecule has 8 nitrogen and oxygen atoms in total. The maximum atomic E-state index is 10.4. The summed E-state index contributed by atoms with van der Waals surface area (Å²) in [5.74, 6) is -0.478. The van der Waals surface area contributed by atoms with Crippen LogP contribution in [0.3, 0.4) is 0 Å². The molecular weight excluding hydrogens is 250 g/mol. The van der Waals surface area contributed by atoms with Gasteiger partial charge in [-0.1, -0.05) is 0 Å². The van der Waals surface area contributed by atoms with Crippen molar-refractivity contribution in [2.75, 3.05) is 0 Å². The van der Waals surface area contributed by atoms with Crippen LogP contribution >= 0.6 is 0 Å². The van der Waals surface area contributed by atoms with Gasteiger partial charge in [-0.05, 0) is 6.07 Å². The number of allylic oxidation sites excluding steroid dienone is 2. The number of furan rings is 1. The summed E-state index contributed by atoms with van der Waals surface area (Å²) < 4.78 is 4.80. The van der Waals surface area contributed by atoms with Gasteiger partial charge in [-0.3, -0.25) is 10.1 Å². The van der Waals surface area contributed by atoms with Crippen molar-refractivity contribution in [2.24, 2.45) is 5.73 Å². The monoisotopic (exact) mass is 255 g/mol. The van der Waals surface area contributed by atoms with Crippen LogP contribution in [0.4, 0.5) is 5.88 Å². The van der Waals surface area contributed by atoms with Gasteiger partial charge in [0.05, 0.1) is 17.3 Å². The SMILES string of the molecule is N#CC(=Cc1ccc([N+](=O)[O-])o1)C(N)=C(C#N)C#N. The Morgan fingerprint density at radius 3 is 2.37 bits per heavy atom. The molecule has 0 saturated heterocycles. The molecule has 0 unspecified atom stereocenters. The highest BCUT2D eigenvalue weighted by Gasteiger charge is 2.13. The predicted molar refractivity (Wildman–Crippen MR) is 61.4 cm³/mol. The lowest BCUT2D eigenvalue weighted by molar-refractivity contribution is -0.402. The molecule has 0 radical (unpaired) electrons. The number of nitriles is 3. The highest BCUT2D eigenvalue weighted by atomic mass is 16.6. The second-order valence-electron chi connectivity index (χ2n) is 3.12. The number of rotatable bonds is 3. The first kappa shape index (κ1) is 13.5. The molecule has 0 bridgehead atoms. The summed E-state index contributed by atoms with van der Waals surface area (Å²) in [6, 6.07) is 7.13. The van der Waals surface area contributed by atoms with Gasteiger partial charge in [0.1, 0.15) is 28.9 Å². The third-order valence-corrected chi connectivity index (χ3v) is 1.98. The van der Waals surface area contributed by atoms with Crippen LogP contribution in [0, 0.1) is 44.1 Å². The van der Waals surface area contributed by atoms with E-state index in [4.69, 9.17) is 25.9 Å². The van der Waals surface area contributed by atoms with Crippen molar-refractivity contribution in [1.29, 1.82) is 15.8 Å². The molecule has 19 heavy (non-hydrogen) atoms. The van der Waals surface area contributed by atoms with Gasteiger partial charge in [0, 0.05) is 6.08 Å². The Labute approximate surface area is 107 Å². The van der Waals surface area contributed by atoms with Crippen LogP contribution in [0.5, 0.6) is 0 Å². The zero-order valence-electron chi connectivity index (χ0n) is 9.32. The van der Waals surface area contributed by atoms with Crippen molar-refractivity contribution in [2.45, 2.75) is 0 Å². The van der Waals surface area contributed by atoms with E-state index in [2.05, 4.69) is 0 Å². The molecule has 0 aliphatic rings. The van der Waals surface area contributed by atoms with E-state index in [1.165, 1.54) is 18.2 Å². The maximum Gasteiger partial charge on any atom is 0.433 e. The van der Waals surface area contributed by atoms with Crippen molar-refractivity contribution in [3.05, 3.63) is 44.9 Å². The Balaban J connectivity index is 3.25. The molecule has 0 saturated carbocycles. The van der Waals surface area contributed by atoms with E-state index < -0.39 is 16.4 Å². The Kier molecular flexibility index (Phi) is 4.03. The van der Waals surface area contributed by atoms with Crippen LogP contribution in [-0.4, -0.2) is 4.92 Å². The van der Waals surface area contributed by atoms with E-state index >= 15 is 0 Å². The highest BCUT2D eigenvalue weighted by Crippen LogP contribution is 2.20. The summed E-state index contributed by atoms with van der Waals surface area (Å²) in [6.45, 7) is 0. The fraction of sp³-hybridized carbons (Fsp3) is 0. The second kappa shape index (κ2) is 5.67. The Hall–Kier alpha value is -3.57. The van der Waals surface area contributed by atoms with E-state index in [1.54, 1.807) is 6.07 Å². The normalized spacial score (nSPS) is 9.84. The molecule has 0 amide bonds. The minimum atomic E-state index is -0.738. The number of nitrogens with zero attached hydrogens (tertiary/aromatic N) is 4. The lowest BCUT2D eigenvalue weighted by atomic mass is 10.1. The first-order valence-electron chi connectivity index (χ1n) is 4.69. The summed E-state index contributed by atoms with van der Waals surface area (Å²) in [6.07, 6.45) is 1.11. The van der Waals surface area contributed by atoms with Gasteiger partial charge in [-0.25, -0.2) is 0 Å². The van der Waals surface area contributed by atoms with Crippen LogP contribution in [-0.2, 0) is 0 Å². The molecule has 1 heterocycles. The second-order valence-corrected chi connectivity index (χ2v) is 3.12. The zero-order valence-corrected chi connectivity index (χ0v) is 9.32. The maximum absolute atomic E-state index is 10.4. The molecule has 0 atom stereocenters. The number of nitrogens with two attached hydrogens (primary N) is 1. The first-order valence-corrected chi connectivity index (χ1v) is 4.69. The molecule has 0 fully saturated rings. The van der Waals surface area contributed by atoms with Gasteiger partial charge in [-0.15, -0.1) is 0 Å². The molecule has 2 N–H and O–H groups in total. The average Bonchev–Trinajstić information content (AvgIpc) is 2.86. The van der Waals surface area contributed by atoms with Crippen LogP contribution < -0.4 is 5.73 Å². The summed E-state index contributed by atoms with van der Waals surface area (Å²) >= 11 is 0. The lowest BCUT2D eigenvalue weighted by Gasteiger charge is -1.97. The topological polar surface area (TPSA) is 154 Å². The summed E-state index contributed by atoms with van der Waals surface area (Å²) in [5.41, 5.74) is 4.55. The van der Waals surface area contributed by atoms with Crippen molar-refractivity contribution in [3.63, 3.8) is 0 Å². The summed E-state index contributed by atoms with van der Waals surface area (Å²) in [5, 5.41) is 36.5. The van der Waals surface area contributed by atoms with Gasteiger partial charge in [0.15, 0.2) is 5.57 Å². The Bertz CT molecular complexity index is 690. The quantitative estimate of drug-likeness (QED) is 0.370. The minimum absolute atomic E-state index is 0.0152. The fourth-order valence-electron chi connectivity index (χ4n) is 1.11. The standard InChI is InChI=1S/C11H5N5O3/c12-4-7(11(15)8(5-13)6-14)3-9-1-2-10(19-9)16(17)18/h1-3H,15H2. The highest BCUT2D eigenvalue weighted by molar-refractivity contribution is 5.64. The number of nitro groups is 1. The van der Waals surface area contributed by atoms with Crippen LogP contribution in [0.2, 0.25) is 0 Å². The number of hydrogen-bond donors (Lipinski definition) is 1. The number of hydrogen-bond acceptors (Lipinski definition) is 7. The van der Waals surface area contributed by atoms with E-state index in [-0.39, 0.29) is 17.0 Å². The van der Waals surface area contributed by atoms with Crippen LogP contribution in [0.25, 0.3) is 6.08 Å². The minimum Gasteiger partial charge on any atom is -0.401 e. The zero-order chi connectivity index (χ0) is 14.4. The Morgan fingerprint density at radius 1 is 1.32 bits per heavy atom. The van der Waals surface area contributed by atoms with E-state index in [0.717, 1.165) is 12.1 Å². The molecule has 1 aromatic heterocycles. The molecule has 0 spiro atoms. The lowest BCUT2D eigenvalue weighted by Crippen LogP contribution is -2.03. The molecule has 0 aliphatic heterocycles. The third kappa shape index (κ3) is 2.96. The van der Waals surface area contributed by atoms with Gasteiger partial charge in [0.2, 0.25) is 0 Å². The van der Waals surface area contributed by atoms with Gasteiger partial charge < -0.3 is 10.2 Å². The molecule has 8 heteroatoms. The van der Waals surface area contributed by atoms with E-state index in [1.807, 2.05) is 0 Å². The predicted octanol–water partition coefficient (Wildman–Crippen LogP) is 1.35. The molecule has 1 rings (SSSR count). The van der Waals surface area contributed by atoms with Crippen LogP contribution in [0.15, 0.2) is 33.4 Å². The van der Waals surface area contributed by atoms with E-state index in [9.17, 15) is 10.1 Å². The van der Waals surface area contributed by atoms with Crippen molar-refractivity contribution >= 4 is 12.0 Å². The summed E-state index contributed by atoms with van der Waals surface area (Å²) in [4.78, 5) is 9.67. The molecular formula is C11H5N5O3. The van der Waals surface area contributed by atoms with Gasteiger partial charge in [0.25, 0.3) is 0 Å². The van der Waals surface area contributed by atoms with Crippen molar-refractivity contribution in [1.82, 2.24) is 0 Å². The Morgan fingerprint density at radius 2 is 1.95 bits per heavy atom.